The SMILES string of the molecule is COc1c(Nc2cc(CC(=O)C3CC3)nc3c2nc(C(F)F)n3C2CCCCO2)cccc1C(=O)O. The first-order chi connectivity index (χ1) is 17.4. The second kappa shape index (κ2) is 9.81. The Labute approximate surface area is 205 Å². The van der Waals surface area contributed by atoms with Crippen LogP contribution in [0, 0.1) is 5.92 Å². The van der Waals surface area contributed by atoms with Gasteiger partial charge in [-0.2, -0.15) is 0 Å². The number of nitrogens with one attached hydrogen (secondary N) is 1. The smallest absolute Gasteiger partial charge is 0.339 e. The zero-order valence-electron chi connectivity index (χ0n) is 19.7. The van der Waals surface area contributed by atoms with E-state index in [1.807, 2.05) is 0 Å². The highest BCUT2D eigenvalue weighted by atomic mass is 19.3. The third-order valence-corrected chi connectivity index (χ3v) is 6.47. The molecule has 1 unspecified atom stereocenters. The summed E-state index contributed by atoms with van der Waals surface area (Å²) in [6, 6.07) is 6.16. The Kier molecular flexibility index (Phi) is 6.57. The van der Waals surface area contributed by atoms with Crippen LogP contribution in [0.1, 0.15) is 66.6 Å². The molecule has 0 bridgehead atoms. The van der Waals surface area contributed by atoms with Crippen molar-refractivity contribution in [3.05, 3.63) is 41.3 Å². The van der Waals surface area contributed by atoms with Gasteiger partial charge in [0.1, 0.15) is 23.1 Å². The fourth-order valence-corrected chi connectivity index (χ4v) is 4.58. The van der Waals surface area contributed by atoms with Crippen molar-refractivity contribution in [1.29, 1.82) is 0 Å². The molecule has 1 saturated heterocycles. The van der Waals surface area contributed by atoms with E-state index in [4.69, 9.17) is 9.47 Å². The van der Waals surface area contributed by atoms with Crippen LogP contribution in [0.2, 0.25) is 0 Å². The Morgan fingerprint density at radius 3 is 2.67 bits per heavy atom. The normalized spacial score (nSPS) is 17.9. The largest absolute Gasteiger partial charge is 0.494 e. The number of ketones is 1. The van der Waals surface area contributed by atoms with Crippen molar-refractivity contribution >= 4 is 34.3 Å². The minimum atomic E-state index is -2.88. The summed E-state index contributed by atoms with van der Waals surface area (Å²) in [6.45, 7) is 0.442. The molecule has 5 rings (SSSR count). The minimum Gasteiger partial charge on any atom is -0.494 e. The fraction of sp³-hybridized carbons (Fsp3) is 0.440. The molecule has 1 aromatic carbocycles. The number of fused-ring (bicyclic) bond motifs is 1. The number of nitrogens with zero attached hydrogens (tertiary/aromatic N) is 3. The third kappa shape index (κ3) is 4.62. The standard InChI is InChI=1S/C25H26F2N4O5/c1-35-21-15(25(33)34)5-4-6-16(21)29-17-11-14(12-18(32)13-8-9-13)28-23-20(17)30-24(22(26)27)31(23)19-7-2-3-10-36-19/h4-6,11,13,19,22H,2-3,7-10,12H2,1H3,(H,28,29)(H,33,34). The third-order valence-electron chi connectivity index (χ3n) is 6.47. The van der Waals surface area contributed by atoms with Crippen LogP contribution in [0.25, 0.3) is 11.2 Å². The predicted molar refractivity (Wildman–Crippen MR) is 126 cm³/mol. The van der Waals surface area contributed by atoms with Gasteiger partial charge in [-0.3, -0.25) is 9.36 Å². The molecule has 2 aromatic heterocycles. The Morgan fingerprint density at radius 1 is 1.22 bits per heavy atom. The lowest BCUT2D eigenvalue weighted by Gasteiger charge is -2.25. The number of hydrogen-bond acceptors (Lipinski definition) is 7. The number of aromatic carboxylic acids is 1. The van der Waals surface area contributed by atoms with Crippen LogP contribution in [0.5, 0.6) is 5.75 Å². The van der Waals surface area contributed by atoms with E-state index in [2.05, 4.69) is 15.3 Å². The Morgan fingerprint density at radius 2 is 2.03 bits per heavy atom. The molecule has 2 N–H and O–H groups in total. The number of para-hydroxylation sites is 1. The van der Waals surface area contributed by atoms with Crippen molar-refractivity contribution in [1.82, 2.24) is 14.5 Å². The summed E-state index contributed by atoms with van der Waals surface area (Å²) in [7, 11) is 1.35. The van der Waals surface area contributed by atoms with Gasteiger partial charge in [0.15, 0.2) is 17.2 Å². The van der Waals surface area contributed by atoms with Gasteiger partial charge < -0.3 is 19.9 Å². The van der Waals surface area contributed by atoms with E-state index in [0.717, 1.165) is 25.7 Å². The number of rotatable bonds is 9. The maximum atomic E-state index is 14.1. The fourth-order valence-electron chi connectivity index (χ4n) is 4.58. The highest BCUT2D eigenvalue weighted by molar-refractivity contribution is 5.96. The lowest BCUT2D eigenvalue weighted by Crippen LogP contribution is -2.21. The zero-order chi connectivity index (χ0) is 25.4. The number of benzene rings is 1. The van der Waals surface area contributed by atoms with Gasteiger partial charge >= 0.3 is 5.97 Å². The molecule has 1 aliphatic carbocycles. The second-order valence-electron chi connectivity index (χ2n) is 9.03. The average molecular weight is 501 g/mol. The summed E-state index contributed by atoms with van der Waals surface area (Å²) in [5, 5.41) is 12.6. The first-order valence-electron chi connectivity index (χ1n) is 11.9. The molecule has 3 aromatic rings. The number of carbonyl (C=O) groups excluding carboxylic acids is 1. The summed E-state index contributed by atoms with van der Waals surface area (Å²) >= 11 is 0. The van der Waals surface area contributed by atoms with Gasteiger partial charge in [0.2, 0.25) is 0 Å². The summed E-state index contributed by atoms with van der Waals surface area (Å²) in [4.78, 5) is 33.1. The van der Waals surface area contributed by atoms with Crippen LogP contribution in [0.3, 0.4) is 0 Å². The number of aromatic nitrogens is 3. The lowest BCUT2D eigenvalue weighted by atomic mass is 10.1. The molecule has 190 valence electrons. The minimum absolute atomic E-state index is 0.00876. The number of carboxylic acid groups (broad SMARTS) is 1. The van der Waals surface area contributed by atoms with Crippen LogP contribution in [-0.2, 0) is 16.0 Å². The zero-order valence-corrected chi connectivity index (χ0v) is 19.7. The summed E-state index contributed by atoms with van der Waals surface area (Å²) in [6.07, 6.45) is 0.415. The number of anilines is 2. The lowest BCUT2D eigenvalue weighted by molar-refractivity contribution is -0.119. The molecular formula is C25H26F2N4O5. The highest BCUT2D eigenvalue weighted by Crippen LogP contribution is 2.38. The molecule has 9 nitrogen and oxygen atoms in total. The first kappa shape index (κ1) is 24.1. The van der Waals surface area contributed by atoms with E-state index in [9.17, 15) is 23.5 Å². The number of halogens is 2. The number of ether oxygens (including phenoxy) is 2. The Bertz CT molecular complexity index is 1320. The monoisotopic (exact) mass is 500 g/mol. The van der Waals surface area contributed by atoms with Crippen molar-refractivity contribution in [2.24, 2.45) is 5.92 Å². The number of carbonyl (C=O) groups is 2. The molecule has 3 heterocycles. The molecule has 1 saturated carbocycles. The van der Waals surface area contributed by atoms with Crippen molar-refractivity contribution in [3.8, 4) is 5.75 Å². The van der Waals surface area contributed by atoms with E-state index in [0.29, 0.717) is 30.1 Å². The molecule has 0 radical (unpaired) electrons. The van der Waals surface area contributed by atoms with E-state index in [-0.39, 0.29) is 40.6 Å². The van der Waals surface area contributed by atoms with Gasteiger partial charge in [0.25, 0.3) is 6.43 Å². The number of alkyl halides is 2. The van der Waals surface area contributed by atoms with E-state index in [1.54, 1.807) is 18.2 Å². The van der Waals surface area contributed by atoms with Crippen LogP contribution in [0.15, 0.2) is 24.3 Å². The van der Waals surface area contributed by atoms with Gasteiger partial charge in [-0.1, -0.05) is 6.07 Å². The summed E-state index contributed by atoms with van der Waals surface area (Å²) in [5.74, 6) is -1.51. The highest BCUT2D eigenvalue weighted by Gasteiger charge is 2.32. The van der Waals surface area contributed by atoms with E-state index in [1.165, 1.54) is 17.7 Å². The van der Waals surface area contributed by atoms with Gasteiger partial charge in [-0.25, -0.2) is 23.5 Å². The quantitative estimate of drug-likeness (QED) is 0.420. The summed E-state index contributed by atoms with van der Waals surface area (Å²) < 4.78 is 40.8. The number of imidazole rings is 1. The first-order valence-corrected chi connectivity index (χ1v) is 11.9. The van der Waals surface area contributed by atoms with Gasteiger partial charge in [-0.15, -0.1) is 0 Å². The van der Waals surface area contributed by atoms with Gasteiger partial charge in [0.05, 0.1) is 24.2 Å². The topological polar surface area (TPSA) is 116 Å². The molecule has 11 heteroatoms. The van der Waals surface area contributed by atoms with Crippen LogP contribution >= 0.6 is 0 Å². The van der Waals surface area contributed by atoms with Crippen molar-refractivity contribution < 1.29 is 33.0 Å². The Balaban J connectivity index is 1.67. The molecule has 1 atom stereocenters. The van der Waals surface area contributed by atoms with Crippen LogP contribution in [0.4, 0.5) is 20.2 Å². The molecule has 2 aliphatic rings. The van der Waals surface area contributed by atoms with Crippen molar-refractivity contribution in [3.63, 3.8) is 0 Å². The van der Waals surface area contributed by atoms with E-state index >= 15 is 0 Å². The number of Topliss-reactive ketones (excluding diaryl/α,β-unsaturated/α-hetero) is 1. The maximum absolute atomic E-state index is 14.1. The molecule has 36 heavy (non-hydrogen) atoms. The predicted octanol–water partition coefficient (Wildman–Crippen LogP) is 5.04. The van der Waals surface area contributed by atoms with Gasteiger partial charge in [-0.05, 0) is 50.3 Å². The average Bonchev–Trinajstić information content (AvgIpc) is 3.64. The number of carboxylic acids is 1. The van der Waals surface area contributed by atoms with Gasteiger partial charge in [0, 0.05) is 18.9 Å². The molecule has 0 amide bonds. The van der Waals surface area contributed by atoms with Crippen LogP contribution in [-0.4, -0.2) is 45.1 Å². The number of pyridine rings is 1. The molecule has 0 spiro atoms. The van der Waals surface area contributed by atoms with E-state index < -0.39 is 24.4 Å². The Hall–Kier alpha value is -3.60. The van der Waals surface area contributed by atoms with Crippen molar-refractivity contribution in [2.45, 2.75) is 51.2 Å². The maximum Gasteiger partial charge on any atom is 0.339 e. The number of hydrogen-bond donors (Lipinski definition) is 2. The summed E-state index contributed by atoms with van der Waals surface area (Å²) in [5.41, 5.74) is 1.33. The number of methoxy groups -OCH3 is 1. The van der Waals surface area contributed by atoms with Crippen LogP contribution < -0.4 is 10.1 Å². The molecular weight excluding hydrogens is 474 g/mol. The molecule has 1 aliphatic heterocycles. The second-order valence-corrected chi connectivity index (χ2v) is 9.03. The molecule has 2 fully saturated rings. The van der Waals surface area contributed by atoms with Crippen molar-refractivity contribution in [2.75, 3.05) is 19.0 Å².